The van der Waals surface area contributed by atoms with Gasteiger partial charge in [-0.1, -0.05) is 31.7 Å². The van der Waals surface area contributed by atoms with E-state index in [2.05, 4.69) is 38.3 Å². The number of nitrogens with one attached hydrogen (secondary N) is 1. The van der Waals surface area contributed by atoms with Crippen molar-refractivity contribution in [3.05, 3.63) is 53.1 Å². The first-order valence-electron chi connectivity index (χ1n) is 18.4. The molecule has 9 rings (SSSR count). The molecule has 49 heavy (non-hydrogen) atoms. The molecular weight excluding hydrogens is 639 g/mol. The number of piperidine rings is 2. The summed E-state index contributed by atoms with van der Waals surface area (Å²) in [4.78, 5) is 33.2. The second-order valence-corrected chi connectivity index (χ2v) is 17.2. The fourth-order valence-corrected chi connectivity index (χ4v) is 11.5. The molecule has 11 heteroatoms. The lowest BCUT2D eigenvalue weighted by atomic mass is 9.81. The summed E-state index contributed by atoms with van der Waals surface area (Å²) in [6.07, 6.45) is 11.4. The van der Waals surface area contributed by atoms with E-state index in [-0.39, 0.29) is 24.0 Å². The topological polar surface area (TPSA) is 104 Å². The second kappa shape index (κ2) is 11.6. The molecule has 2 amide bonds. The van der Waals surface area contributed by atoms with Crippen LogP contribution in [0.4, 0.5) is 0 Å². The molecule has 2 aliphatic carbocycles. The maximum atomic E-state index is 14.9. The highest BCUT2D eigenvalue weighted by Crippen LogP contribution is 2.67. The number of likely N-dealkylation sites (tertiary alicyclic amines) is 1. The van der Waals surface area contributed by atoms with Gasteiger partial charge in [-0.25, -0.2) is 4.72 Å². The van der Waals surface area contributed by atoms with Crippen LogP contribution in [0.2, 0.25) is 0 Å². The molecule has 0 radical (unpaired) electrons. The van der Waals surface area contributed by atoms with Crippen LogP contribution in [-0.4, -0.2) is 84.9 Å². The van der Waals surface area contributed by atoms with Crippen molar-refractivity contribution >= 4 is 32.9 Å². The molecule has 3 saturated heterocycles. The van der Waals surface area contributed by atoms with Crippen LogP contribution in [0.3, 0.4) is 0 Å². The number of rotatable bonds is 6. The van der Waals surface area contributed by atoms with E-state index in [1.54, 1.807) is 13.2 Å². The highest BCUT2D eigenvalue weighted by atomic mass is 32.2. The molecule has 6 aliphatic rings. The van der Waals surface area contributed by atoms with E-state index in [4.69, 9.17) is 4.74 Å². The third kappa shape index (κ3) is 4.89. The van der Waals surface area contributed by atoms with E-state index in [9.17, 15) is 18.0 Å². The number of methoxy groups -OCH3 is 1. The monoisotopic (exact) mass is 685 g/mol. The van der Waals surface area contributed by atoms with Crippen molar-refractivity contribution in [1.82, 2.24) is 23.4 Å². The summed E-state index contributed by atoms with van der Waals surface area (Å²) < 4.78 is 38.3. The van der Waals surface area contributed by atoms with Crippen LogP contribution < -0.4 is 9.46 Å². The Labute approximate surface area is 288 Å². The van der Waals surface area contributed by atoms with Crippen molar-refractivity contribution in [2.45, 2.75) is 101 Å². The number of nitrogens with zero attached hydrogens (tertiary/aromatic N) is 4. The lowest BCUT2D eigenvalue weighted by Gasteiger charge is -2.29. The van der Waals surface area contributed by atoms with Gasteiger partial charge in [0.1, 0.15) is 5.75 Å². The Morgan fingerprint density at radius 2 is 1.71 bits per heavy atom. The molecule has 2 saturated carbocycles. The number of hydrogen-bond acceptors (Lipinski definition) is 6. The average molecular weight is 686 g/mol. The molecule has 5 fully saturated rings. The maximum absolute atomic E-state index is 14.9. The van der Waals surface area contributed by atoms with Crippen LogP contribution in [0, 0.1) is 5.41 Å². The van der Waals surface area contributed by atoms with Gasteiger partial charge >= 0.3 is 10.2 Å². The van der Waals surface area contributed by atoms with E-state index >= 15 is 0 Å². The minimum atomic E-state index is -3.95. The highest BCUT2D eigenvalue weighted by Gasteiger charge is 2.66. The van der Waals surface area contributed by atoms with Crippen LogP contribution in [0.1, 0.15) is 104 Å². The minimum Gasteiger partial charge on any atom is -0.497 e. The molecule has 3 aromatic rings. The Morgan fingerprint density at radius 1 is 0.939 bits per heavy atom. The molecule has 0 spiro atoms. The summed E-state index contributed by atoms with van der Waals surface area (Å²) in [5.74, 6) is 0.869. The second-order valence-electron chi connectivity index (χ2n) is 15.5. The van der Waals surface area contributed by atoms with Crippen molar-refractivity contribution in [3.63, 3.8) is 0 Å². The van der Waals surface area contributed by atoms with Crippen LogP contribution in [-0.2, 0) is 21.5 Å². The number of fused-ring (bicyclic) bond motifs is 9. The number of aromatic nitrogens is 1. The first-order chi connectivity index (χ1) is 23.7. The predicted octanol–water partition coefficient (Wildman–Crippen LogP) is 5.57. The molecule has 2 bridgehead atoms. The van der Waals surface area contributed by atoms with Crippen LogP contribution >= 0.6 is 0 Å². The van der Waals surface area contributed by atoms with Gasteiger partial charge in [0.15, 0.2) is 0 Å². The SMILES string of the molecule is COc1ccc2c(c1)C1CC1(C(=O)N1C3CCC1N(C)C3)Cn1c-2c(C2CCCCC2)c2ccc(C(=O)NS(=O)(=O)N3CCCCC3)cc21. The van der Waals surface area contributed by atoms with E-state index in [1.165, 1.54) is 34.7 Å². The summed E-state index contributed by atoms with van der Waals surface area (Å²) in [6, 6.07) is 12.3. The van der Waals surface area contributed by atoms with Gasteiger partial charge in [-0.3, -0.25) is 14.5 Å². The summed E-state index contributed by atoms with van der Waals surface area (Å²) in [7, 11) is -0.118. The first-order valence-corrected chi connectivity index (χ1v) is 19.8. The van der Waals surface area contributed by atoms with Gasteiger partial charge in [-0.05, 0) is 99.4 Å². The Kier molecular flexibility index (Phi) is 7.45. The summed E-state index contributed by atoms with van der Waals surface area (Å²) in [5, 5.41) is 1.10. The fourth-order valence-electron chi connectivity index (χ4n) is 10.3. The number of ether oxygens (including phenoxy) is 1. The minimum absolute atomic E-state index is 0.0747. The van der Waals surface area contributed by atoms with Gasteiger partial charge < -0.3 is 14.2 Å². The van der Waals surface area contributed by atoms with Crippen LogP contribution in [0.5, 0.6) is 5.75 Å². The van der Waals surface area contributed by atoms with Gasteiger partial charge in [0.2, 0.25) is 5.91 Å². The number of likely N-dealkylation sites (N-methyl/N-ethyl adjacent to an activating group) is 1. The zero-order valence-electron chi connectivity index (χ0n) is 28.6. The normalized spacial score (nSPS) is 28.5. The average Bonchev–Trinajstić information content (AvgIpc) is 3.43. The van der Waals surface area contributed by atoms with Gasteiger partial charge in [0, 0.05) is 60.2 Å². The van der Waals surface area contributed by atoms with Gasteiger partial charge in [-0.2, -0.15) is 12.7 Å². The zero-order valence-corrected chi connectivity index (χ0v) is 29.4. The number of benzene rings is 2. The third-order valence-corrected chi connectivity index (χ3v) is 14.3. The van der Waals surface area contributed by atoms with E-state index in [0.717, 1.165) is 85.8 Å². The van der Waals surface area contributed by atoms with E-state index in [1.807, 2.05) is 18.2 Å². The van der Waals surface area contributed by atoms with Crippen LogP contribution in [0.25, 0.3) is 22.2 Å². The van der Waals surface area contributed by atoms with Crippen molar-refractivity contribution < 1.29 is 22.7 Å². The van der Waals surface area contributed by atoms with Gasteiger partial charge in [0.25, 0.3) is 5.91 Å². The number of hydrogen-bond donors (Lipinski definition) is 1. The smallest absolute Gasteiger partial charge is 0.304 e. The Bertz CT molecular complexity index is 1960. The largest absolute Gasteiger partial charge is 0.497 e. The van der Waals surface area contributed by atoms with Crippen molar-refractivity contribution in [1.29, 1.82) is 0 Å². The lowest BCUT2D eigenvalue weighted by molar-refractivity contribution is -0.140. The van der Waals surface area contributed by atoms with E-state index < -0.39 is 21.5 Å². The highest BCUT2D eigenvalue weighted by molar-refractivity contribution is 7.87. The molecule has 5 heterocycles. The number of amides is 2. The maximum Gasteiger partial charge on any atom is 0.304 e. The third-order valence-electron chi connectivity index (χ3n) is 12.8. The van der Waals surface area contributed by atoms with Crippen molar-refractivity contribution in [2.24, 2.45) is 5.41 Å². The number of carbonyl (C=O) groups excluding carboxylic acids is 2. The molecule has 1 N–H and O–H groups in total. The summed E-state index contributed by atoms with van der Waals surface area (Å²) in [6.45, 7) is 2.30. The molecule has 2 aromatic carbocycles. The molecule has 4 unspecified atom stereocenters. The quantitative estimate of drug-likeness (QED) is 0.364. The molecule has 260 valence electrons. The Balaban J connectivity index is 1.20. The Hall–Kier alpha value is -3.41. The molecule has 10 nitrogen and oxygen atoms in total. The number of carbonyl (C=O) groups is 2. The predicted molar refractivity (Wildman–Crippen MR) is 188 cm³/mol. The molecule has 4 atom stereocenters. The molecule has 4 aliphatic heterocycles. The lowest BCUT2D eigenvalue weighted by Crippen LogP contribution is -2.45. The standard InChI is InChI=1S/C38H47N5O5S/c1-40-22-26-12-16-33(40)43(26)37(45)38-21-31(38)30-20-27(48-2)13-15-28(30)35-34(24-9-5-3-6-10-24)29-14-11-25(19-32(29)42(35)23-38)36(44)39-49(46,47)41-17-7-4-8-18-41/h11,13-15,19-20,24,26,31,33H,3-10,12,16-18,21-23H2,1-2H3,(H,39,44). The van der Waals surface area contributed by atoms with E-state index in [0.29, 0.717) is 31.1 Å². The van der Waals surface area contributed by atoms with Crippen LogP contribution in [0.15, 0.2) is 36.4 Å². The fraction of sp³-hybridized carbons (Fsp3) is 0.579. The van der Waals surface area contributed by atoms with Crippen molar-refractivity contribution in [2.75, 3.05) is 33.8 Å². The molecule has 1 aromatic heterocycles. The Morgan fingerprint density at radius 3 is 2.43 bits per heavy atom. The van der Waals surface area contributed by atoms with Crippen molar-refractivity contribution in [3.8, 4) is 17.0 Å². The first kappa shape index (κ1) is 31.6. The van der Waals surface area contributed by atoms with Gasteiger partial charge in [-0.15, -0.1) is 0 Å². The summed E-state index contributed by atoms with van der Waals surface area (Å²) >= 11 is 0. The van der Waals surface area contributed by atoms with Gasteiger partial charge in [0.05, 0.1) is 24.4 Å². The summed E-state index contributed by atoms with van der Waals surface area (Å²) in [5.41, 5.74) is 5.41. The zero-order chi connectivity index (χ0) is 33.7. The molecular formula is C38H47N5O5S.